The lowest BCUT2D eigenvalue weighted by atomic mass is 10.2. The van der Waals surface area contributed by atoms with Crippen molar-refractivity contribution >= 4 is 21.6 Å². The van der Waals surface area contributed by atoms with Crippen LogP contribution in [0, 0.1) is 0 Å². The summed E-state index contributed by atoms with van der Waals surface area (Å²) in [5.41, 5.74) is 0.856. The van der Waals surface area contributed by atoms with E-state index in [9.17, 15) is 8.42 Å². The number of aromatic nitrogens is 2. The zero-order chi connectivity index (χ0) is 15.3. The third-order valence-corrected chi connectivity index (χ3v) is 4.80. The lowest BCUT2D eigenvalue weighted by Crippen LogP contribution is -2.28. The van der Waals surface area contributed by atoms with Crippen LogP contribution in [0.5, 0.6) is 0 Å². The molecule has 6 nitrogen and oxygen atoms in total. The van der Waals surface area contributed by atoms with Crippen LogP contribution < -0.4 is 10.0 Å². The van der Waals surface area contributed by atoms with Crippen LogP contribution >= 0.6 is 11.6 Å². The lowest BCUT2D eigenvalue weighted by molar-refractivity contribution is 0.560. The molecule has 21 heavy (non-hydrogen) atoms. The van der Waals surface area contributed by atoms with Crippen molar-refractivity contribution in [3.63, 3.8) is 0 Å². The van der Waals surface area contributed by atoms with E-state index in [4.69, 9.17) is 11.6 Å². The Hall–Kier alpha value is -1.41. The fourth-order valence-corrected chi connectivity index (χ4v) is 3.44. The Morgan fingerprint density at radius 2 is 2.19 bits per heavy atom. The highest BCUT2D eigenvalue weighted by molar-refractivity contribution is 7.89. The van der Waals surface area contributed by atoms with E-state index in [0.29, 0.717) is 13.1 Å². The molecule has 114 valence electrons. The van der Waals surface area contributed by atoms with E-state index in [1.54, 1.807) is 48.4 Å². The maximum atomic E-state index is 12.3. The summed E-state index contributed by atoms with van der Waals surface area (Å²) in [6.07, 6.45) is 3.42. The number of hydrogen-bond acceptors (Lipinski definition) is 4. The molecule has 1 heterocycles. The Morgan fingerprint density at radius 3 is 2.86 bits per heavy atom. The summed E-state index contributed by atoms with van der Waals surface area (Å²) in [5.74, 6) is 0. The highest BCUT2D eigenvalue weighted by Gasteiger charge is 2.18. The number of benzene rings is 1. The summed E-state index contributed by atoms with van der Waals surface area (Å²) >= 11 is 6.00. The zero-order valence-corrected chi connectivity index (χ0v) is 13.2. The van der Waals surface area contributed by atoms with Gasteiger partial charge in [-0.3, -0.25) is 4.68 Å². The average Bonchev–Trinajstić information content (AvgIpc) is 2.94. The normalized spacial score (nSPS) is 11.7. The van der Waals surface area contributed by atoms with Crippen LogP contribution in [-0.2, 0) is 23.1 Å². The van der Waals surface area contributed by atoms with Gasteiger partial charge in [0.05, 0.1) is 11.6 Å². The van der Waals surface area contributed by atoms with Gasteiger partial charge in [-0.15, -0.1) is 0 Å². The SMILES string of the molecule is CNCc1ccc(Cl)c(S(=O)(=O)NCCn2cccn2)c1. The van der Waals surface area contributed by atoms with Crippen LogP contribution in [0.3, 0.4) is 0 Å². The minimum atomic E-state index is -3.64. The molecular formula is C13H17ClN4O2S. The van der Waals surface area contributed by atoms with Crippen LogP contribution in [0.4, 0.5) is 0 Å². The smallest absolute Gasteiger partial charge is 0.242 e. The molecule has 0 atom stereocenters. The first-order valence-corrected chi connectivity index (χ1v) is 8.29. The minimum Gasteiger partial charge on any atom is -0.316 e. The maximum absolute atomic E-state index is 12.3. The number of sulfonamides is 1. The van der Waals surface area contributed by atoms with E-state index < -0.39 is 10.0 Å². The third kappa shape index (κ3) is 4.28. The van der Waals surface area contributed by atoms with Gasteiger partial charge in [0.1, 0.15) is 4.90 Å². The van der Waals surface area contributed by atoms with Crippen LogP contribution in [0.2, 0.25) is 5.02 Å². The Balaban J connectivity index is 2.09. The van der Waals surface area contributed by atoms with E-state index in [1.165, 1.54) is 0 Å². The van der Waals surface area contributed by atoms with Gasteiger partial charge in [0.25, 0.3) is 0 Å². The zero-order valence-electron chi connectivity index (χ0n) is 11.6. The van der Waals surface area contributed by atoms with Gasteiger partial charge < -0.3 is 5.32 Å². The van der Waals surface area contributed by atoms with E-state index in [-0.39, 0.29) is 16.5 Å². The molecule has 0 aliphatic heterocycles. The molecule has 0 spiro atoms. The van der Waals surface area contributed by atoms with Gasteiger partial charge >= 0.3 is 0 Å². The number of nitrogens with one attached hydrogen (secondary N) is 2. The predicted molar refractivity (Wildman–Crippen MR) is 81.6 cm³/mol. The summed E-state index contributed by atoms with van der Waals surface area (Å²) in [4.78, 5) is 0.0948. The topological polar surface area (TPSA) is 76.0 Å². The van der Waals surface area contributed by atoms with Gasteiger partial charge in [-0.05, 0) is 30.8 Å². The van der Waals surface area contributed by atoms with Crippen molar-refractivity contribution in [1.82, 2.24) is 19.8 Å². The minimum absolute atomic E-state index is 0.0948. The standard InChI is InChI=1S/C13H17ClN4O2S/c1-15-10-11-3-4-12(14)13(9-11)21(19,20)17-6-8-18-7-2-5-16-18/h2-5,7,9,15,17H,6,8,10H2,1H3. The number of rotatable bonds is 7. The molecular weight excluding hydrogens is 312 g/mol. The molecule has 1 aromatic carbocycles. The highest BCUT2D eigenvalue weighted by Crippen LogP contribution is 2.22. The molecule has 8 heteroatoms. The molecule has 0 saturated heterocycles. The van der Waals surface area contributed by atoms with Gasteiger partial charge in [0, 0.05) is 25.5 Å². The average molecular weight is 329 g/mol. The fourth-order valence-electron chi connectivity index (χ4n) is 1.87. The predicted octanol–water partition coefficient (Wildman–Crippen LogP) is 1.23. The van der Waals surface area contributed by atoms with Crippen molar-refractivity contribution in [1.29, 1.82) is 0 Å². The Bertz CT molecular complexity index is 686. The highest BCUT2D eigenvalue weighted by atomic mass is 35.5. The third-order valence-electron chi connectivity index (χ3n) is 2.86. The van der Waals surface area contributed by atoms with Gasteiger partial charge in [-0.25, -0.2) is 13.1 Å². The summed E-state index contributed by atoms with van der Waals surface area (Å²) in [6.45, 7) is 1.28. The van der Waals surface area contributed by atoms with Gasteiger partial charge in [0.2, 0.25) is 10.0 Å². The van der Waals surface area contributed by atoms with Crippen molar-refractivity contribution in [2.45, 2.75) is 18.0 Å². The van der Waals surface area contributed by atoms with Crippen molar-refractivity contribution in [3.8, 4) is 0 Å². The molecule has 0 bridgehead atoms. The summed E-state index contributed by atoms with van der Waals surface area (Å²) < 4.78 is 28.8. The molecule has 2 rings (SSSR count). The first kappa shape index (κ1) is 16.0. The monoisotopic (exact) mass is 328 g/mol. The van der Waals surface area contributed by atoms with E-state index in [0.717, 1.165) is 5.56 Å². The fraction of sp³-hybridized carbons (Fsp3) is 0.308. The molecule has 1 aromatic heterocycles. The van der Waals surface area contributed by atoms with Crippen molar-refractivity contribution < 1.29 is 8.42 Å². The van der Waals surface area contributed by atoms with Crippen LogP contribution in [-0.4, -0.2) is 31.8 Å². The van der Waals surface area contributed by atoms with Gasteiger partial charge in [0.15, 0.2) is 0 Å². The number of nitrogens with zero attached hydrogens (tertiary/aromatic N) is 2. The van der Waals surface area contributed by atoms with E-state index in [1.807, 2.05) is 0 Å². The summed E-state index contributed by atoms with van der Waals surface area (Å²) in [7, 11) is -1.84. The van der Waals surface area contributed by atoms with Crippen molar-refractivity contribution in [2.75, 3.05) is 13.6 Å². The Morgan fingerprint density at radius 1 is 1.38 bits per heavy atom. The molecule has 0 aliphatic carbocycles. The maximum Gasteiger partial charge on any atom is 0.242 e. The molecule has 0 fully saturated rings. The molecule has 2 N–H and O–H groups in total. The quantitative estimate of drug-likeness (QED) is 0.801. The number of hydrogen-bond donors (Lipinski definition) is 2. The second-order valence-electron chi connectivity index (χ2n) is 4.46. The van der Waals surface area contributed by atoms with Crippen LogP contribution in [0.1, 0.15) is 5.56 Å². The molecule has 0 unspecified atom stereocenters. The van der Waals surface area contributed by atoms with Crippen molar-refractivity contribution in [2.24, 2.45) is 0 Å². The first-order valence-electron chi connectivity index (χ1n) is 6.43. The molecule has 0 amide bonds. The molecule has 0 aliphatic rings. The van der Waals surface area contributed by atoms with Crippen molar-refractivity contribution in [3.05, 3.63) is 47.2 Å². The van der Waals surface area contributed by atoms with E-state index in [2.05, 4.69) is 15.1 Å². The Labute approximate surface area is 129 Å². The van der Waals surface area contributed by atoms with E-state index >= 15 is 0 Å². The van der Waals surface area contributed by atoms with Crippen LogP contribution in [0.25, 0.3) is 0 Å². The molecule has 2 aromatic rings. The lowest BCUT2D eigenvalue weighted by Gasteiger charge is -2.10. The Kier molecular flexibility index (Phi) is 5.35. The number of halogens is 1. The summed E-state index contributed by atoms with van der Waals surface area (Å²) in [5, 5.41) is 7.20. The second kappa shape index (κ2) is 7.04. The first-order chi connectivity index (χ1) is 10.0. The molecule has 0 saturated carbocycles. The van der Waals surface area contributed by atoms with Crippen LogP contribution in [0.15, 0.2) is 41.6 Å². The van der Waals surface area contributed by atoms with Gasteiger partial charge in [-0.1, -0.05) is 17.7 Å². The summed E-state index contributed by atoms with van der Waals surface area (Å²) in [6, 6.07) is 6.75. The van der Waals surface area contributed by atoms with Gasteiger partial charge in [-0.2, -0.15) is 5.10 Å². The largest absolute Gasteiger partial charge is 0.316 e. The second-order valence-corrected chi connectivity index (χ2v) is 6.60. The molecule has 0 radical (unpaired) electrons.